The van der Waals surface area contributed by atoms with E-state index in [-0.39, 0.29) is 6.04 Å². The van der Waals surface area contributed by atoms with Crippen molar-refractivity contribution in [2.75, 3.05) is 13.1 Å². The molecule has 1 unspecified atom stereocenters. The second-order valence-electron chi connectivity index (χ2n) is 4.53. The molecule has 0 aliphatic carbocycles. The molecule has 7 heteroatoms. The predicted molar refractivity (Wildman–Crippen MR) is 78.5 cm³/mol. The fraction of sp³-hybridized carbons (Fsp3) is 0.417. The molecule has 0 amide bonds. The van der Waals surface area contributed by atoms with Gasteiger partial charge in [-0.3, -0.25) is 4.90 Å². The summed E-state index contributed by atoms with van der Waals surface area (Å²) in [7, 11) is 0. The molecular formula is C12H14Br2N4O. The van der Waals surface area contributed by atoms with E-state index < -0.39 is 0 Å². The maximum atomic E-state index is 5.93. The van der Waals surface area contributed by atoms with Crippen LogP contribution in [0.2, 0.25) is 0 Å². The first-order valence-electron chi connectivity index (χ1n) is 6.08. The molecule has 0 aromatic carbocycles. The van der Waals surface area contributed by atoms with Crippen molar-refractivity contribution in [3.05, 3.63) is 39.2 Å². The van der Waals surface area contributed by atoms with Crippen LogP contribution in [0.1, 0.15) is 17.6 Å². The van der Waals surface area contributed by atoms with E-state index in [0.717, 1.165) is 35.7 Å². The summed E-state index contributed by atoms with van der Waals surface area (Å²) < 4.78 is 9.51. The molecule has 3 heterocycles. The molecule has 0 fully saturated rings. The third-order valence-corrected chi connectivity index (χ3v) is 5.14. The number of hydrogen-bond donors (Lipinski definition) is 1. The minimum Gasteiger partial charge on any atom is -0.451 e. The summed E-state index contributed by atoms with van der Waals surface area (Å²) in [5.41, 5.74) is 5.93. The molecule has 1 aliphatic rings. The van der Waals surface area contributed by atoms with Crippen molar-refractivity contribution in [1.82, 2.24) is 14.5 Å². The lowest BCUT2D eigenvalue weighted by molar-refractivity contribution is 0.138. The Morgan fingerprint density at radius 1 is 1.42 bits per heavy atom. The van der Waals surface area contributed by atoms with Gasteiger partial charge in [0.05, 0.1) is 17.1 Å². The Morgan fingerprint density at radius 2 is 2.26 bits per heavy atom. The smallest absolute Gasteiger partial charge is 0.183 e. The van der Waals surface area contributed by atoms with Crippen LogP contribution in [0.4, 0.5) is 0 Å². The van der Waals surface area contributed by atoms with E-state index in [4.69, 9.17) is 10.2 Å². The first-order valence-corrected chi connectivity index (χ1v) is 7.66. The van der Waals surface area contributed by atoms with Crippen LogP contribution in [0.25, 0.3) is 0 Å². The number of rotatable bonds is 3. The van der Waals surface area contributed by atoms with Crippen molar-refractivity contribution in [1.29, 1.82) is 0 Å². The van der Waals surface area contributed by atoms with E-state index in [9.17, 15) is 0 Å². The van der Waals surface area contributed by atoms with Crippen molar-refractivity contribution in [2.45, 2.75) is 19.1 Å². The highest BCUT2D eigenvalue weighted by Gasteiger charge is 2.27. The van der Waals surface area contributed by atoms with Crippen LogP contribution >= 0.6 is 31.9 Å². The molecule has 2 aromatic rings. The van der Waals surface area contributed by atoms with Gasteiger partial charge in [0, 0.05) is 32.0 Å². The Hall–Kier alpha value is -0.630. The molecule has 102 valence electrons. The van der Waals surface area contributed by atoms with Gasteiger partial charge in [-0.2, -0.15) is 0 Å². The van der Waals surface area contributed by atoms with E-state index in [1.165, 1.54) is 0 Å². The molecular weight excluding hydrogens is 376 g/mol. The zero-order valence-corrected chi connectivity index (χ0v) is 13.4. The highest BCUT2D eigenvalue weighted by atomic mass is 79.9. The van der Waals surface area contributed by atoms with E-state index in [0.29, 0.717) is 11.2 Å². The van der Waals surface area contributed by atoms with Gasteiger partial charge in [-0.15, -0.1) is 0 Å². The fourth-order valence-electron chi connectivity index (χ4n) is 2.43. The van der Waals surface area contributed by atoms with Gasteiger partial charge in [0.1, 0.15) is 11.6 Å². The number of halogens is 2. The van der Waals surface area contributed by atoms with E-state index in [1.807, 2.05) is 18.5 Å². The van der Waals surface area contributed by atoms with Crippen molar-refractivity contribution >= 4 is 31.9 Å². The van der Waals surface area contributed by atoms with Gasteiger partial charge in [0.15, 0.2) is 4.67 Å². The van der Waals surface area contributed by atoms with Gasteiger partial charge in [-0.05, 0) is 37.9 Å². The van der Waals surface area contributed by atoms with Crippen LogP contribution in [-0.2, 0) is 13.1 Å². The van der Waals surface area contributed by atoms with Crippen LogP contribution in [0.3, 0.4) is 0 Å². The first kappa shape index (κ1) is 13.4. The Labute approximate surface area is 128 Å². The lowest BCUT2D eigenvalue weighted by Crippen LogP contribution is -2.39. The summed E-state index contributed by atoms with van der Waals surface area (Å²) in [5, 5.41) is 0. The molecule has 0 bridgehead atoms. The summed E-state index contributed by atoms with van der Waals surface area (Å²) in [5.74, 6) is 1.95. The van der Waals surface area contributed by atoms with Gasteiger partial charge >= 0.3 is 0 Å². The molecule has 1 atom stereocenters. The van der Waals surface area contributed by atoms with Crippen LogP contribution < -0.4 is 5.73 Å². The Kier molecular flexibility index (Phi) is 3.79. The molecule has 1 aliphatic heterocycles. The predicted octanol–water partition coefficient (Wildman–Crippen LogP) is 2.52. The van der Waals surface area contributed by atoms with Gasteiger partial charge in [0.25, 0.3) is 0 Å². The van der Waals surface area contributed by atoms with Crippen LogP contribution in [-0.4, -0.2) is 27.5 Å². The van der Waals surface area contributed by atoms with E-state index in [1.54, 1.807) is 0 Å². The third-order valence-electron chi connectivity index (χ3n) is 3.43. The number of nitrogens with zero attached hydrogens (tertiary/aromatic N) is 3. The Morgan fingerprint density at radius 3 is 2.95 bits per heavy atom. The number of fused-ring (bicyclic) bond motifs is 1. The highest BCUT2D eigenvalue weighted by molar-refractivity contribution is 9.13. The molecule has 2 N–H and O–H groups in total. The molecule has 0 radical (unpaired) electrons. The maximum absolute atomic E-state index is 5.93. The average Bonchev–Trinajstić information content (AvgIpc) is 2.98. The summed E-state index contributed by atoms with van der Waals surface area (Å²) in [4.78, 5) is 6.68. The molecule has 3 rings (SSSR count). The third kappa shape index (κ3) is 2.52. The minimum atomic E-state index is 0.0769. The number of hydrogen-bond acceptors (Lipinski definition) is 4. The van der Waals surface area contributed by atoms with Crippen molar-refractivity contribution in [2.24, 2.45) is 5.73 Å². The largest absolute Gasteiger partial charge is 0.451 e. The summed E-state index contributed by atoms with van der Waals surface area (Å²) in [6, 6.07) is 2.05. The van der Waals surface area contributed by atoms with Gasteiger partial charge in [-0.25, -0.2) is 4.98 Å². The zero-order chi connectivity index (χ0) is 13.4. The molecule has 2 aromatic heterocycles. The Bertz CT molecular complexity index is 561. The van der Waals surface area contributed by atoms with Crippen molar-refractivity contribution < 1.29 is 4.42 Å². The van der Waals surface area contributed by atoms with Crippen LogP contribution in [0, 0.1) is 0 Å². The molecule has 5 nitrogen and oxygen atoms in total. The van der Waals surface area contributed by atoms with E-state index >= 15 is 0 Å². The topological polar surface area (TPSA) is 60.2 Å². The number of imidazole rings is 1. The second-order valence-corrected chi connectivity index (χ2v) is 6.10. The van der Waals surface area contributed by atoms with Gasteiger partial charge < -0.3 is 14.7 Å². The number of furan rings is 1. The van der Waals surface area contributed by atoms with Crippen molar-refractivity contribution in [3.8, 4) is 0 Å². The normalized spacial score (nSPS) is 17.4. The lowest BCUT2D eigenvalue weighted by Gasteiger charge is -2.32. The van der Waals surface area contributed by atoms with Crippen molar-refractivity contribution in [3.63, 3.8) is 0 Å². The first-order chi connectivity index (χ1) is 9.19. The number of aromatic nitrogens is 2. The minimum absolute atomic E-state index is 0.0769. The SMILES string of the molecule is NCC(c1cc(Br)c(Br)o1)N1CCn2ccnc2C1. The highest BCUT2D eigenvalue weighted by Crippen LogP contribution is 2.33. The zero-order valence-electron chi connectivity index (χ0n) is 10.2. The monoisotopic (exact) mass is 388 g/mol. The van der Waals surface area contributed by atoms with Gasteiger partial charge in [0.2, 0.25) is 0 Å². The maximum Gasteiger partial charge on any atom is 0.183 e. The molecule has 0 saturated heterocycles. The standard InChI is InChI=1S/C12H14Br2N4O/c13-8-5-10(19-12(8)14)9(6-15)18-4-3-17-2-1-16-11(17)7-18/h1-2,5,9H,3-4,6-7,15H2. The summed E-state index contributed by atoms with van der Waals surface area (Å²) in [6.45, 7) is 3.20. The Balaban J connectivity index is 1.84. The summed E-state index contributed by atoms with van der Waals surface area (Å²) >= 11 is 6.81. The lowest BCUT2D eigenvalue weighted by atomic mass is 10.1. The summed E-state index contributed by atoms with van der Waals surface area (Å²) in [6.07, 6.45) is 3.86. The second kappa shape index (κ2) is 5.40. The quantitative estimate of drug-likeness (QED) is 0.876. The van der Waals surface area contributed by atoms with Gasteiger partial charge in [-0.1, -0.05) is 0 Å². The van der Waals surface area contributed by atoms with Crippen LogP contribution in [0.15, 0.2) is 32.0 Å². The molecule has 0 spiro atoms. The molecule has 19 heavy (non-hydrogen) atoms. The fourth-order valence-corrected chi connectivity index (χ4v) is 3.04. The van der Waals surface area contributed by atoms with E-state index in [2.05, 4.69) is 46.3 Å². The van der Waals surface area contributed by atoms with Crippen LogP contribution in [0.5, 0.6) is 0 Å². The average molecular weight is 390 g/mol. The molecule has 0 saturated carbocycles. The number of nitrogens with two attached hydrogens (primary N) is 1.